The van der Waals surface area contributed by atoms with Crippen molar-refractivity contribution in [3.8, 4) is 0 Å². The lowest BCUT2D eigenvalue weighted by Gasteiger charge is -2.19. The Balaban J connectivity index is 1.56. The van der Waals surface area contributed by atoms with Crippen molar-refractivity contribution in [1.29, 1.82) is 0 Å². The fourth-order valence-electron chi connectivity index (χ4n) is 3.55. The average molecular weight is 352 g/mol. The van der Waals surface area contributed by atoms with Gasteiger partial charge in [0.15, 0.2) is 0 Å². The summed E-state index contributed by atoms with van der Waals surface area (Å²) in [5, 5.41) is 6.46. The minimum atomic E-state index is 0.00429. The first-order valence-electron chi connectivity index (χ1n) is 9.37. The molecule has 0 aliphatic carbocycles. The van der Waals surface area contributed by atoms with Crippen molar-refractivity contribution in [2.75, 3.05) is 25.5 Å². The van der Waals surface area contributed by atoms with Gasteiger partial charge in [-0.2, -0.15) is 0 Å². The van der Waals surface area contributed by atoms with E-state index in [0.29, 0.717) is 12.6 Å². The number of carbonyl (C=O) groups excluding carboxylic acids is 1. The molecule has 0 bridgehead atoms. The van der Waals surface area contributed by atoms with Crippen LogP contribution < -0.4 is 10.6 Å². The Labute approximate surface area is 155 Å². The highest BCUT2D eigenvalue weighted by Gasteiger charge is 2.20. The van der Waals surface area contributed by atoms with Gasteiger partial charge in [-0.1, -0.05) is 12.1 Å². The lowest BCUT2D eigenvalue weighted by molar-refractivity contribution is 0.0949. The molecule has 1 saturated heterocycles. The monoisotopic (exact) mass is 352 g/mol. The first-order valence-corrected chi connectivity index (χ1v) is 9.37. The summed E-state index contributed by atoms with van der Waals surface area (Å²) >= 11 is 0. The third-order valence-electron chi connectivity index (χ3n) is 5.20. The Kier molecular flexibility index (Phi) is 6.23. The maximum absolute atomic E-state index is 12.6. The smallest absolute Gasteiger partial charge is 0.251 e. The van der Waals surface area contributed by atoms with Gasteiger partial charge in [0.25, 0.3) is 5.91 Å². The number of nitrogens with zero attached hydrogens (tertiary/aromatic N) is 2. The van der Waals surface area contributed by atoms with Gasteiger partial charge in [0.1, 0.15) is 0 Å². The number of pyridine rings is 1. The van der Waals surface area contributed by atoms with E-state index in [4.69, 9.17) is 0 Å². The van der Waals surface area contributed by atoms with Crippen LogP contribution in [0.1, 0.15) is 40.9 Å². The van der Waals surface area contributed by atoms with E-state index in [-0.39, 0.29) is 5.91 Å². The van der Waals surface area contributed by atoms with E-state index in [9.17, 15) is 4.79 Å². The van der Waals surface area contributed by atoms with E-state index in [2.05, 4.69) is 27.6 Å². The number of likely N-dealkylation sites (tertiary alicyclic amines) is 1. The number of nitrogens with one attached hydrogen (secondary N) is 2. The number of rotatable bonds is 7. The second-order valence-corrected chi connectivity index (χ2v) is 6.97. The average Bonchev–Trinajstić information content (AvgIpc) is 3.06. The SMILES string of the molecule is Cc1c(NCc2ccccn2)cccc1C(=O)NCCC1CCCN1C. The van der Waals surface area contributed by atoms with Gasteiger partial charge in [0.2, 0.25) is 0 Å². The third-order valence-corrected chi connectivity index (χ3v) is 5.20. The molecule has 1 unspecified atom stereocenters. The molecule has 2 aromatic rings. The van der Waals surface area contributed by atoms with E-state index in [1.807, 2.05) is 43.3 Å². The highest BCUT2D eigenvalue weighted by molar-refractivity contribution is 5.97. The molecule has 3 rings (SSSR count). The summed E-state index contributed by atoms with van der Waals surface area (Å²) in [4.78, 5) is 19.3. The summed E-state index contributed by atoms with van der Waals surface area (Å²) in [5.74, 6) is 0.00429. The van der Waals surface area contributed by atoms with Crippen LogP contribution in [0.3, 0.4) is 0 Å². The Morgan fingerprint density at radius 2 is 2.15 bits per heavy atom. The Morgan fingerprint density at radius 1 is 1.27 bits per heavy atom. The van der Waals surface area contributed by atoms with E-state index in [1.165, 1.54) is 19.4 Å². The van der Waals surface area contributed by atoms with Gasteiger partial charge in [-0.3, -0.25) is 9.78 Å². The van der Waals surface area contributed by atoms with Crippen LogP contribution in [0.4, 0.5) is 5.69 Å². The van der Waals surface area contributed by atoms with Crippen LogP contribution >= 0.6 is 0 Å². The van der Waals surface area contributed by atoms with Gasteiger partial charge in [0, 0.05) is 30.0 Å². The molecule has 0 saturated carbocycles. The summed E-state index contributed by atoms with van der Waals surface area (Å²) in [6.07, 6.45) is 5.30. The highest BCUT2D eigenvalue weighted by atomic mass is 16.1. The minimum absolute atomic E-state index is 0.00429. The molecular weight excluding hydrogens is 324 g/mol. The van der Waals surface area contributed by atoms with Crippen LogP contribution in [0.2, 0.25) is 0 Å². The number of amides is 1. The van der Waals surface area contributed by atoms with Crippen molar-refractivity contribution in [2.24, 2.45) is 0 Å². The molecule has 0 radical (unpaired) electrons. The number of aromatic nitrogens is 1. The molecule has 26 heavy (non-hydrogen) atoms. The lowest BCUT2D eigenvalue weighted by atomic mass is 10.1. The van der Waals surface area contributed by atoms with Crippen LogP contribution in [-0.2, 0) is 6.54 Å². The van der Waals surface area contributed by atoms with Crippen molar-refractivity contribution in [3.05, 3.63) is 59.4 Å². The van der Waals surface area contributed by atoms with E-state index >= 15 is 0 Å². The van der Waals surface area contributed by atoms with Gasteiger partial charge >= 0.3 is 0 Å². The summed E-state index contributed by atoms with van der Waals surface area (Å²) < 4.78 is 0. The van der Waals surface area contributed by atoms with E-state index in [0.717, 1.165) is 35.5 Å². The zero-order valence-corrected chi connectivity index (χ0v) is 15.7. The van der Waals surface area contributed by atoms with Gasteiger partial charge in [-0.25, -0.2) is 0 Å². The lowest BCUT2D eigenvalue weighted by Crippen LogP contribution is -2.32. The van der Waals surface area contributed by atoms with Gasteiger partial charge in [-0.15, -0.1) is 0 Å². The topological polar surface area (TPSA) is 57.3 Å². The molecule has 2 N–H and O–H groups in total. The van der Waals surface area contributed by atoms with Crippen LogP contribution in [0.15, 0.2) is 42.6 Å². The molecule has 1 aliphatic heterocycles. The van der Waals surface area contributed by atoms with E-state index in [1.54, 1.807) is 6.20 Å². The summed E-state index contributed by atoms with van der Waals surface area (Å²) in [7, 11) is 2.17. The predicted octanol–water partition coefficient (Wildman–Crippen LogP) is 3.22. The molecule has 1 aliphatic rings. The molecular formula is C21H28N4O. The molecule has 1 fully saturated rings. The molecule has 0 spiro atoms. The summed E-state index contributed by atoms with van der Waals surface area (Å²) in [6, 6.07) is 12.3. The van der Waals surface area contributed by atoms with Crippen molar-refractivity contribution in [2.45, 2.75) is 38.8 Å². The maximum atomic E-state index is 12.6. The fraction of sp³-hybridized carbons (Fsp3) is 0.429. The second-order valence-electron chi connectivity index (χ2n) is 6.97. The van der Waals surface area contributed by atoms with Crippen LogP contribution in [0.5, 0.6) is 0 Å². The fourth-order valence-corrected chi connectivity index (χ4v) is 3.55. The quantitative estimate of drug-likeness (QED) is 0.803. The van der Waals surface area contributed by atoms with Crippen LogP contribution in [0, 0.1) is 6.92 Å². The van der Waals surface area contributed by atoms with E-state index < -0.39 is 0 Å². The number of benzene rings is 1. The standard InChI is InChI=1S/C21H28N4O/c1-16-19(21(26)23-13-11-18-8-6-14-25(18)2)9-5-10-20(16)24-15-17-7-3-4-12-22-17/h3-5,7,9-10,12,18,24H,6,8,11,13-15H2,1-2H3,(H,23,26). The largest absolute Gasteiger partial charge is 0.379 e. The first-order chi connectivity index (χ1) is 12.6. The van der Waals surface area contributed by atoms with Gasteiger partial charge in [0.05, 0.1) is 12.2 Å². The first kappa shape index (κ1) is 18.4. The number of hydrogen-bond acceptors (Lipinski definition) is 4. The van der Waals surface area contributed by atoms with Crippen molar-refractivity contribution < 1.29 is 4.79 Å². The predicted molar refractivity (Wildman–Crippen MR) is 105 cm³/mol. The Bertz CT molecular complexity index is 732. The van der Waals surface area contributed by atoms with Crippen molar-refractivity contribution in [1.82, 2.24) is 15.2 Å². The second kappa shape index (κ2) is 8.81. The third kappa shape index (κ3) is 4.61. The number of hydrogen-bond donors (Lipinski definition) is 2. The van der Waals surface area contributed by atoms with Gasteiger partial charge < -0.3 is 15.5 Å². The molecule has 5 nitrogen and oxygen atoms in total. The summed E-state index contributed by atoms with van der Waals surface area (Å²) in [6.45, 7) is 4.52. The molecule has 2 heterocycles. The molecule has 1 aromatic carbocycles. The zero-order valence-electron chi connectivity index (χ0n) is 15.7. The highest BCUT2D eigenvalue weighted by Crippen LogP contribution is 2.20. The van der Waals surface area contributed by atoms with Crippen LogP contribution in [-0.4, -0.2) is 42.0 Å². The van der Waals surface area contributed by atoms with Crippen molar-refractivity contribution in [3.63, 3.8) is 0 Å². The number of carbonyl (C=O) groups is 1. The van der Waals surface area contributed by atoms with Crippen LogP contribution in [0.25, 0.3) is 0 Å². The summed E-state index contributed by atoms with van der Waals surface area (Å²) in [5.41, 5.74) is 3.65. The Hall–Kier alpha value is -2.40. The zero-order chi connectivity index (χ0) is 18.4. The Morgan fingerprint density at radius 3 is 2.88 bits per heavy atom. The van der Waals surface area contributed by atoms with Crippen molar-refractivity contribution >= 4 is 11.6 Å². The molecule has 5 heteroatoms. The normalized spacial score (nSPS) is 17.2. The molecule has 1 atom stereocenters. The minimum Gasteiger partial charge on any atom is -0.379 e. The number of anilines is 1. The van der Waals surface area contributed by atoms with Gasteiger partial charge in [-0.05, 0) is 69.6 Å². The molecule has 138 valence electrons. The maximum Gasteiger partial charge on any atom is 0.251 e. The molecule has 1 aromatic heterocycles. The molecule has 1 amide bonds.